The molecule has 0 saturated carbocycles. The van der Waals surface area contributed by atoms with Gasteiger partial charge in [-0.1, -0.05) is 4.98 Å². The lowest BCUT2D eigenvalue weighted by Gasteiger charge is -2.22. The van der Waals surface area contributed by atoms with Gasteiger partial charge in [0, 0.05) is 19.5 Å². The maximum absolute atomic E-state index is 12.4. The van der Waals surface area contributed by atoms with Crippen LogP contribution >= 0.6 is 15.6 Å². The minimum atomic E-state index is -5.11. The molecule has 3 unspecified atom stereocenters. The number of aryl methyl sites for hydroxylation is 1. The molecule has 37 heavy (non-hydrogen) atoms. The summed E-state index contributed by atoms with van der Waals surface area (Å²) >= 11 is 0. The molecule has 0 aliphatic carbocycles. The first-order valence-corrected chi connectivity index (χ1v) is 13.7. The van der Waals surface area contributed by atoms with Gasteiger partial charge in [-0.05, 0) is 0 Å². The van der Waals surface area contributed by atoms with Crippen LogP contribution in [0.4, 0.5) is 5.95 Å². The van der Waals surface area contributed by atoms with Gasteiger partial charge < -0.3 is 34.8 Å². The van der Waals surface area contributed by atoms with E-state index < -0.39 is 52.3 Å². The largest absolute Gasteiger partial charge is 0.480 e. The molecule has 0 bridgehead atoms. The zero-order valence-electron chi connectivity index (χ0n) is 19.6. The molecule has 1 aliphatic rings. The number of ether oxygens (including phenoxy) is 3. The first-order valence-electron chi connectivity index (χ1n) is 10.6. The number of H-pyrrole nitrogens is 1. The van der Waals surface area contributed by atoms with Gasteiger partial charge in [-0.25, -0.2) is 23.0 Å². The zero-order valence-corrected chi connectivity index (χ0v) is 21.3. The Hall–Kier alpha value is -2.50. The number of hydrogen-bond acceptors (Lipinski definition) is 12. The fourth-order valence-corrected chi connectivity index (χ4v) is 6.14. The van der Waals surface area contributed by atoms with Crippen LogP contribution in [0.5, 0.6) is 0 Å². The van der Waals surface area contributed by atoms with Crippen molar-refractivity contribution in [3.05, 3.63) is 35.4 Å². The SMILES string of the molecule is COCCO[C@@H]1C(O)[C@H]([n+]2cn(C)c3c(=O)[nH]c(N)nc32)O[C@@H]1COP(=O)(O)OP(=O)(O)n1ccnc1. The number of imidazole rings is 2. The van der Waals surface area contributed by atoms with Crippen molar-refractivity contribution in [1.29, 1.82) is 0 Å². The van der Waals surface area contributed by atoms with Gasteiger partial charge in [0.05, 0.1) is 26.9 Å². The van der Waals surface area contributed by atoms with Gasteiger partial charge in [-0.15, -0.1) is 0 Å². The molecule has 0 aromatic carbocycles. The number of aliphatic hydroxyl groups is 1. The number of fused-ring (bicyclic) bond motifs is 1. The number of nitrogens with two attached hydrogens (primary N) is 1. The number of phosphoric acid groups is 1. The molecule has 0 radical (unpaired) electrons. The minimum Gasteiger partial charge on any atom is -0.384 e. The van der Waals surface area contributed by atoms with Crippen LogP contribution in [0.1, 0.15) is 6.23 Å². The average molecular weight is 566 g/mol. The van der Waals surface area contributed by atoms with Crippen LogP contribution in [0.3, 0.4) is 0 Å². The van der Waals surface area contributed by atoms with Crippen LogP contribution in [0.25, 0.3) is 11.2 Å². The van der Waals surface area contributed by atoms with Crippen molar-refractivity contribution in [3.8, 4) is 0 Å². The zero-order chi connectivity index (χ0) is 27.0. The lowest BCUT2D eigenvalue weighted by atomic mass is 10.1. The molecule has 1 aliphatic heterocycles. The summed E-state index contributed by atoms with van der Waals surface area (Å²) < 4.78 is 54.0. The number of methoxy groups -OCH3 is 1. The summed E-state index contributed by atoms with van der Waals surface area (Å²) in [6.45, 7) is -0.503. The van der Waals surface area contributed by atoms with Gasteiger partial charge in [-0.2, -0.15) is 4.31 Å². The molecule has 0 spiro atoms. The first-order chi connectivity index (χ1) is 17.4. The normalized spacial score (nSPS) is 25.3. The Kier molecular flexibility index (Phi) is 7.96. The van der Waals surface area contributed by atoms with E-state index in [1.54, 1.807) is 7.05 Å². The van der Waals surface area contributed by atoms with Crippen LogP contribution < -0.4 is 15.9 Å². The fraction of sp³-hybridized carbons (Fsp3) is 0.529. The van der Waals surface area contributed by atoms with E-state index in [0.29, 0.717) is 4.34 Å². The smallest absolute Gasteiger partial charge is 0.384 e. The predicted octanol–water partition coefficient (Wildman–Crippen LogP) is -1.60. The van der Waals surface area contributed by atoms with Gasteiger partial charge >= 0.3 is 21.2 Å². The highest BCUT2D eigenvalue weighted by Crippen LogP contribution is 2.60. The number of aromatic amines is 1. The third kappa shape index (κ3) is 5.83. The maximum Gasteiger partial charge on any atom is 0.480 e. The number of nitrogens with one attached hydrogen (secondary N) is 1. The maximum atomic E-state index is 12.4. The molecule has 3 aromatic heterocycles. The van der Waals surface area contributed by atoms with Crippen LogP contribution in [-0.4, -0.2) is 84.0 Å². The molecular formula is C17H26N7O11P2+. The van der Waals surface area contributed by atoms with E-state index in [9.17, 15) is 28.8 Å². The Labute approximate surface area is 208 Å². The molecule has 18 nitrogen and oxygen atoms in total. The number of phosphoric ester groups is 1. The third-order valence-corrected chi connectivity index (χ3v) is 8.34. The summed E-state index contributed by atoms with van der Waals surface area (Å²) in [7, 11) is -6.90. The molecule has 6 N–H and O–H groups in total. The van der Waals surface area contributed by atoms with Crippen molar-refractivity contribution >= 4 is 32.7 Å². The quantitative estimate of drug-likeness (QED) is 0.0998. The van der Waals surface area contributed by atoms with Crippen molar-refractivity contribution in [1.82, 2.24) is 23.9 Å². The lowest BCUT2D eigenvalue weighted by molar-refractivity contribution is -0.745. The molecule has 4 heterocycles. The molecule has 3 aromatic rings. The number of aliphatic hydroxyl groups excluding tert-OH is 1. The van der Waals surface area contributed by atoms with Crippen molar-refractivity contribution in [3.63, 3.8) is 0 Å². The summed E-state index contributed by atoms with van der Waals surface area (Å²) in [5.74, 6) is -0.164. The van der Waals surface area contributed by atoms with Crippen LogP contribution in [-0.2, 0) is 39.2 Å². The van der Waals surface area contributed by atoms with E-state index in [1.165, 1.54) is 28.8 Å². The molecule has 204 valence electrons. The highest BCUT2D eigenvalue weighted by atomic mass is 31.3. The summed E-state index contributed by atoms with van der Waals surface area (Å²) in [6.07, 6.45) is -0.241. The van der Waals surface area contributed by atoms with Gasteiger partial charge in [-0.3, -0.25) is 18.9 Å². The Morgan fingerprint density at radius 2 is 2.08 bits per heavy atom. The Morgan fingerprint density at radius 1 is 1.32 bits per heavy atom. The third-order valence-electron chi connectivity index (χ3n) is 5.36. The number of nitrogens with zero attached hydrogens (tertiary/aromatic N) is 5. The summed E-state index contributed by atoms with van der Waals surface area (Å²) in [6, 6.07) is 0. The van der Waals surface area contributed by atoms with Crippen molar-refractivity contribution in [2.24, 2.45) is 7.05 Å². The van der Waals surface area contributed by atoms with Crippen molar-refractivity contribution in [2.45, 2.75) is 24.5 Å². The number of aromatic nitrogens is 6. The number of nitrogen functional groups attached to an aromatic ring is 1. The molecule has 0 amide bonds. The van der Waals surface area contributed by atoms with Gasteiger partial charge in [0.15, 0.2) is 6.33 Å². The van der Waals surface area contributed by atoms with E-state index in [-0.39, 0.29) is 30.3 Å². The molecule has 1 saturated heterocycles. The number of anilines is 1. The highest BCUT2D eigenvalue weighted by Gasteiger charge is 2.49. The van der Waals surface area contributed by atoms with E-state index in [1.807, 2.05) is 0 Å². The number of hydrogen-bond donors (Lipinski definition) is 5. The summed E-state index contributed by atoms with van der Waals surface area (Å²) in [5.41, 5.74) is 5.41. The summed E-state index contributed by atoms with van der Waals surface area (Å²) in [5, 5.41) is 11.0. The molecular weight excluding hydrogens is 540 g/mol. The second-order valence-corrected chi connectivity index (χ2v) is 11.2. The summed E-state index contributed by atoms with van der Waals surface area (Å²) in [4.78, 5) is 42.5. The topological polar surface area (TPSA) is 239 Å². The van der Waals surface area contributed by atoms with E-state index >= 15 is 0 Å². The Bertz CT molecular complexity index is 1390. The standard InChI is InChI=1S/C17H25N7O11P2/c1-22-9-24(14-11(22)15(26)21-17(18)20-14)16-12(25)13(32-6-5-31-2)10(34-16)7-33-37(29,30)35-36(27,28)23-4-3-19-8-23/h3-4,8-10,12-13,16,25H,5-7H2,1-2H3,(H4-,18,20,21,26,27,28,29,30)/p+1/t10-,12?,13+,16-/m1/s1. The molecule has 1 fully saturated rings. The van der Waals surface area contributed by atoms with Crippen molar-refractivity contribution < 1.29 is 51.6 Å². The van der Waals surface area contributed by atoms with Crippen LogP contribution in [0.2, 0.25) is 0 Å². The predicted molar refractivity (Wildman–Crippen MR) is 122 cm³/mol. The first kappa shape index (κ1) is 27.5. The van der Waals surface area contributed by atoms with Gasteiger partial charge in [0.1, 0.15) is 24.6 Å². The Balaban J connectivity index is 1.56. The number of rotatable bonds is 11. The Morgan fingerprint density at radius 3 is 2.76 bits per heavy atom. The van der Waals surface area contributed by atoms with Gasteiger partial charge in [0.25, 0.3) is 11.5 Å². The molecule has 4 rings (SSSR count). The monoisotopic (exact) mass is 566 g/mol. The fourth-order valence-electron chi connectivity index (χ4n) is 3.78. The molecule has 20 heteroatoms. The lowest BCUT2D eigenvalue weighted by Crippen LogP contribution is -2.46. The highest BCUT2D eigenvalue weighted by molar-refractivity contribution is 7.63. The van der Waals surface area contributed by atoms with E-state index in [0.717, 1.165) is 12.5 Å². The van der Waals surface area contributed by atoms with E-state index in [4.69, 9.17) is 24.5 Å². The molecule has 6 atom stereocenters. The second kappa shape index (κ2) is 10.7. The van der Waals surface area contributed by atoms with Crippen molar-refractivity contribution in [2.75, 3.05) is 32.7 Å². The minimum absolute atomic E-state index is 0.0234. The average Bonchev–Trinajstić information content (AvgIpc) is 3.52. The van der Waals surface area contributed by atoms with E-state index in [2.05, 4.69) is 19.3 Å². The second-order valence-electron chi connectivity index (χ2n) is 7.92. The van der Waals surface area contributed by atoms with Gasteiger partial charge in [0.2, 0.25) is 11.7 Å². The van der Waals surface area contributed by atoms with Crippen LogP contribution in [0, 0.1) is 0 Å². The van der Waals surface area contributed by atoms with Crippen LogP contribution in [0.15, 0.2) is 29.8 Å².